The molecule has 0 N–H and O–H groups in total. The van der Waals surface area contributed by atoms with Gasteiger partial charge in [-0.1, -0.05) is 117 Å². The largest absolute Gasteiger partial charge is 0.465 e. The fourth-order valence-corrected chi connectivity index (χ4v) is 8.22. The Balaban J connectivity index is 1.61. The highest BCUT2D eigenvalue weighted by Crippen LogP contribution is 2.61. The quantitative estimate of drug-likeness (QED) is 0.185. The van der Waals surface area contributed by atoms with Crippen molar-refractivity contribution in [3.8, 4) is 0 Å². The summed E-state index contributed by atoms with van der Waals surface area (Å²) in [5, 5.41) is 0. The van der Waals surface area contributed by atoms with Crippen molar-refractivity contribution in [2.45, 2.75) is 168 Å². The Bertz CT molecular complexity index is 547. The minimum Gasteiger partial charge on any atom is -0.465 e. The summed E-state index contributed by atoms with van der Waals surface area (Å²) in [6.45, 7) is 5.26. The van der Waals surface area contributed by atoms with Crippen molar-refractivity contribution in [1.82, 2.24) is 0 Å². The van der Waals surface area contributed by atoms with Crippen LogP contribution < -0.4 is 0 Å². The molecular weight excluding hydrogens is 416 g/mol. The number of esters is 1. The summed E-state index contributed by atoms with van der Waals surface area (Å²) >= 11 is 0. The Morgan fingerprint density at radius 2 is 1.21 bits per heavy atom. The number of rotatable bonds is 14. The highest BCUT2D eigenvalue weighted by molar-refractivity contribution is 5.78. The van der Waals surface area contributed by atoms with E-state index in [1.807, 2.05) is 0 Å². The van der Waals surface area contributed by atoms with E-state index in [2.05, 4.69) is 13.8 Å². The predicted molar refractivity (Wildman–Crippen MR) is 145 cm³/mol. The van der Waals surface area contributed by atoms with Gasteiger partial charge in [-0.25, -0.2) is 0 Å². The summed E-state index contributed by atoms with van der Waals surface area (Å²) in [6.07, 6.45) is 31.3. The topological polar surface area (TPSA) is 26.3 Å². The lowest BCUT2D eigenvalue weighted by Crippen LogP contribution is -2.52. The maximum atomic E-state index is 13.9. The van der Waals surface area contributed by atoms with Crippen LogP contribution in [0.15, 0.2) is 0 Å². The predicted octanol–water partition coefficient (Wildman–Crippen LogP) is 10.2. The van der Waals surface area contributed by atoms with Crippen molar-refractivity contribution >= 4 is 5.97 Å². The van der Waals surface area contributed by atoms with Crippen LogP contribution in [-0.2, 0) is 9.53 Å². The molecule has 198 valence electrons. The highest BCUT2D eigenvalue weighted by Gasteiger charge is 2.57. The molecule has 3 saturated carbocycles. The normalized spacial score (nSPS) is 28.0. The molecule has 3 aliphatic rings. The summed E-state index contributed by atoms with van der Waals surface area (Å²) in [7, 11) is 0. The number of ether oxygens (including phenoxy) is 1. The van der Waals surface area contributed by atoms with Gasteiger partial charge < -0.3 is 4.74 Å². The first-order valence-corrected chi connectivity index (χ1v) is 15.8. The molecule has 3 aliphatic carbocycles. The van der Waals surface area contributed by atoms with Crippen molar-refractivity contribution in [3.05, 3.63) is 0 Å². The maximum absolute atomic E-state index is 13.9. The average Bonchev–Trinajstić information content (AvgIpc) is 2.90. The zero-order valence-electron chi connectivity index (χ0n) is 23.1. The second-order valence-electron chi connectivity index (χ2n) is 12.5. The first-order valence-electron chi connectivity index (χ1n) is 15.8. The second-order valence-corrected chi connectivity index (χ2v) is 12.5. The summed E-state index contributed by atoms with van der Waals surface area (Å²) in [4.78, 5) is 13.9. The number of hydrogen-bond donors (Lipinski definition) is 0. The van der Waals surface area contributed by atoms with E-state index in [1.54, 1.807) is 0 Å². The van der Waals surface area contributed by atoms with Crippen molar-refractivity contribution in [3.63, 3.8) is 0 Å². The Hall–Kier alpha value is -0.530. The third-order valence-corrected chi connectivity index (χ3v) is 10.4. The van der Waals surface area contributed by atoms with Crippen molar-refractivity contribution < 1.29 is 9.53 Å². The lowest BCUT2D eigenvalue weighted by Gasteiger charge is -2.55. The third-order valence-electron chi connectivity index (χ3n) is 10.4. The average molecular weight is 475 g/mol. The SMILES string of the molecule is CCCCCCCCCOC(=O)C1([C@]2(CCCC)CC[C@H](C3CCCCC3)CC2)CCCCC1. The lowest BCUT2D eigenvalue weighted by atomic mass is 9.49. The molecule has 2 nitrogen and oxygen atoms in total. The lowest BCUT2D eigenvalue weighted by molar-refractivity contribution is -0.175. The number of hydrogen-bond acceptors (Lipinski definition) is 2. The van der Waals surface area contributed by atoms with Crippen molar-refractivity contribution in [1.29, 1.82) is 0 Å². The molecule has 0 heterocycles. The van der Waals surface area contributed by atoms with Gasteiger partial charge in [0.05, 0.1) is 12.0 Å². The van der Waals surface area contributed by atoms with Gasteiger partial charge in [0.25, 0.3) is 0 Å². The first kappa shape index (κ1) is 28.0. The molecule has 3 fully saturated rings. The first-order chi connectivity index (χ1) is 16.7. The van der Waals surface area contributed by atoms with Crippen LogP contribution in [0.5, 0.6) is 0 Å². The van der Waals surface area contributed by atoms with Crippen LogP contribution in [-0.4, -0.2) is 12.6 Å². The van der Waals surface area contributed by atoms with Crippen LogP contribution in [0.1, 0.15) is 168 Å². The minimum atomic E-state index is -0.181. The van der Waals surface area contributed by atoms with E-state index in [0.29, 0.717) is 6.61 Å². The molecule has 0 saturated heterocycles. The molecule has 0 aliphatic heterocycles. The maximum Gasteiger partial charge on any atom is 0.312 e. The van der Waals surface area contributed by atoms with Crippen LogP contribution in [0.4, 0.5) is 0 Å². The summed E-state index contributed by atoms with van der Waals surface area (Å²) < 4.78 is 6.18. The minimum absolute atomic E-state index is 0.181. The second kappa shape index (κ2) is 14.9. The third kappa shape index (κ3) is 7.25. The number of carbonyl (C=O) groups is 1. The van der Waals surface area contributed by atoms with Crippen LogP contribution >= 0.6 is 0 Å². The van der Waals surface area contributed by atoms with Gasteiger partial charge >= 0.3 is 5.97 Å². The van der Waals surface area contributed by atoms with Gasteiger partial charge in [-0.15, -0.1) is 0 Å². The van der Waals surface area contributed by atoms with Gasteiger partial charge in [0.2, 0.25) is 0 Å². The molecule has 0 aromatic carbocycles. The van der Waals surface area contributed by atoms with Crippen LogP contribution in [0.25, 0.3) is 0 Å². The Morgan fingerprint density at radius 3 is 1.85 bits per heavy atom. The molecule has 0 radical (unpaired) electrons. The Morgan fingerprint density at radius 1 is 0.647 bits per heavy atom. The highest BCUT2D eigenvalue weighted by atomic mass is 16.5. The monoisotopic (exact) mass is 474 g/mol. The van der Waals surface area contributed by atoms with Gasteiger partial charge in [0, 0.05) is 0 Å². The fourth-order valence-electron chi connectivity index (χ4n) is 8.22. The van der Waals surface area contributed by atoms with E-state index in [9.17, 15) is 4.79 Å². The van der Waals surface area contributed by atoms with Crippen molar-refractivity contribution in [2.75, 3.05) is 6.61 Å². The van der Waals surface area contributed by atoms with Gasteiger partial charge in [-0.3, -0.25) is 4.79 Å². The molecule has 0 aromatic heterocycles. The van der Waals surface area contributed by atoms with E-state index in [0.717, 1.165) is 31.1 Å². The molecule has 34 heavy (non-hydrogen) atoms. The molecular formula is C32H58O2. The Labute approximate surface area is 212 Å². The van der Waals surface area contributed by atoms with E-state index < -0.39 is 0 Å². The van der Waals surface area contributed by atoms with E-state index >= 15 is 0 Å². The number of unbranched alkanes of at least 4 members (excludes halogenated alkanes) is 7. The molecule has 0 atom stereocenters. The van der Waals surface area contributed by atoms with Gasteiger partial charge in [0.1, 0.15) is 0 Å². The van der Waals surface area contributed by atoms with Crippen LogP contribution in [0.3, 0.4) is 0 Å². The van der Waals surface area contributed by atoms with Crippen molar-refractivity contribution in [2.24, 2.45) is 22.7 Å². The standard InChI is InChI=1S/C32H58O2/c1-3-5-7-8-9-10-17-27-34-30(33)32(23-15-12-16-24-32)31(22-6-4-2)25-20-29(21-26-31)28-18-13-11-14-19-28/h28-29H,3-27H2,1-2H3/t29-,31+. The summed E-state index contributed by atoms with van der Waals surface area (Å²) in [6, 6.07) is 0. The van der Waals surface area contributed by atoms with Gasteiger partial charge in [-0.05, 0) is 68.6 Å². The molecule has 0 amide bonds. The van der Waals surface area contributed by atoms with E-state index in [1.165, 1.54) is 135 Å². The molecule has 0 aromatic rings. The van der Waals surface area contributed by atoms with E-state index in [-0.39, 0.29) is 16.8 Å². The molecule has 2 heteroatoms. The van der Waals surface area contributed by atoms with Gasteiger partial charge in [-0.2, -0.15) is 0 Å². The molecule has 0 spiro atoms. The Kier molecular flexibility index (Phi) is 12.3. The number of carbonyl (C=O) groups excluding carboxylic acids is 1. The van der Waals surface area contributed by atoms with Crippen LogP contribution in [0, 0.1) is 22.7 Å². The summed E-state index contributed by atoms with van der Waals surface area (Å²) in [5.41, 5.74) is 0.0327. The molecule has 0 unspecified atom stereocenters. The smallest absolute Gasteiger partial charge is 0.312 e. The summed E-state index contributed by atoms with van der Waals surface area (Å²) in [5.74, 6) is 2.12. The van der Waals surface area contributed by atoms with Crippen LogP contribution in [0.2, 0.25) is 0 Å². The fraction of sp³-hybridized carbons (Fsp3) is 0.969. The van der Waals surface area contributed by atoms with E-state index in [4.69, 9.17) is 4.74 Å². The molecule has 0 bridgehead atoms. The molecule has 3 rings (SSSR count). The zero-order valence-corrected chi connectivity index (χ0v) is 23.1. The van der Waals surface area contributed by atoms with Gasteiger partial charge in [0.15, 0.2) is 0 Å². The zero-order chi connectivity index (χ0) is 24.1.